The zero-order chi connectivity index (χ0) is 18.5. The Bertz CT molecular complexity index is 792. The minimum absolute atomic E-state index is 0.0187. The largest absolute Gasteiger partial charge is 0.461 e. The van der Waals surface area contributed by atoms with Crippen molar-refractivity contribution < 1.29 is 14.3 Å². The van der Waals surface area contributed by atoms with Crippen molar-refractivity contribution >= 4 is 23.5 Å². The maximum atomic E-state index is 12.8. The SMILES string of the molecule is CCOC(=O)c1n[nH]nc1C1CCCN1C(=O)CCc1ccccc1Cl. The van der Waals surface area contributed by atoms with E-state index in [1.807, 2.05) is 24.3 Å². The number of nitrogens with zero attached hydrogens (tertiary/aromatic N) is 3. The zero-order valence-electron chi connectivity index (χ0n) is 14.6. The van der Waals surface area contributed by atoms with Crippen molar-refractivity contribution in [1.29, 1.82) is 0 Å². The number of rotatable bonds is 6. The lowest BCUT2D eigenvalue weighted by Crippen LogP contribution is -2.31. The molecule has 1 aromatic heterocycles. The van der Waals surface area contributed by atoms with Gasteiger partial charge in [0.1, 0.15) is 5.69 Å². The fourth-order valence-electron chi connectivity index (χ4n) is 3.26. The zero-order valence-corrected chi connectivity index (χ0v) is 15.3. The van der Waals surface area contributed by atoms with Gasteiger partial charge in [-0.25, -0.2) is 4.79 Å². The van der Waals surface area contributed by atoms with Crippen LogP contribution in [0, 0.1) is 0 Å². The fraction of sp³-hybridized carbons (Fsp3) is 0.444. The maximum absolute atomic E-state index is 12.8. The van der Waals surface area contributed by atoms with Crippen LogP contribution >= 0.6 is 11.6 Å². The minimum Gasteiger partial charge on any atom is -0.461 e. The lowest BCUT2D eigenvalue weighted by atomic mass is 10.1. The molecular weight excluding hydrogens is 356 g/mol. The smallest absolute Gasteiger partial charge is 0.360 e. The van der Waals surface area contributed by atoms with E-state index in [4.69, 9.17) is 16.3 Å². The molecule has 7 nitrogen and oxygen atoms in total. The fourth-order valence-corrected chi connectivity index (χ4v) is 3.49. The van der Waals surface area contributed by atoms with E-state index in [1.54, 1.807) is 11.8 Å². The Morgan fingerprint density at radius 1 is 1.35 bits per heavy atom. The highest BCUT2D eigenvalue weighted by Gasteiger charge is 2.35. The van der Waals surface area contributed by atoms with E-state index >= 15 is 0 Å². The highest BCUT2D eigenvalue weighted by atomic mass is 35.5. The summed E-state index contributed by atoms with van der Waals surface area (Å²) in [5.74, 6) is -0.503. The van der Waals surface area contributed by atoms with Crippen LogP contribution in [0.15, 0.2) is 24.3 Å². The lowest BCUT2D eigenvalue weighted by Gasteiger charge is -2.23. The molecule has 0 saturated carbocycles. The molecule has 2 heterocycles. The molecule has 1 aliphatic heterocycles. The van der Waals surface area contributed by atoms with Crippen molar-refractivity contribution in [3.63, 3.8) is 0 Å². The quantitative estimate of drug-likeness (QED) is 0.783. The first-order valence-electron chi connectivity index (χ1n) is 8.72. The molecule has 1 aromatic carbocycles. The number of benzene rings is 1. The molecule has 1 fully saturated rings. The summed E-state index contributed by atoms with van der Waals surface area (Å²) in [6, 6.07) is 7.26. The number of nitrogens with one attached hydrogen (secondary N) is 1. The first-order chi connectivity index (χ1) is 12.6. The molecule has 1 saturated heterocycles. The van der Waals surface area contributed by atoms with Gasteiger partial charge in [-0.3, -0.25) is 4.79 Å². The lowest BCUT2D eigenvalue weighted by molar-refractivity contribution is -0.132. The number of carbonyl (C=O) groups excluding carboxylic acids is 2. The molecule has 26 heavy (non-hydrogen) atoms. The third-order valence-electron chi connectivity index (χ3n) is 4.50. The summed E-state index contributed by atoms with van der Waals surface area (Å²) in [5, 5.41) is 11.2. The molecule has 0 aliphatic carbocycles. The predicted molar refractivity (Wildman–Crippen MR) is 95.8 cm³/mol. The Balaban J connectivity index is 1.70. The van der Waals surface area contributed by atoms with Gasteiger partial charge in [0.25, 0.3) is 0 Å². The van der Waals surface area contributed by atoms with Gasteiger partial charge in [-0.15, -0.1) is 5.10 Å². The number of halogens is 1. The van der Waals surface area contributed by atoms with Gasteiger partial charge in [0, 0.05) is 18.0 Å². The van der Waals surface area contributed by atoms with Gasteiger partial charge >= 0.3 is 5.97 Å². The van der Waals surface area contributed by atoms with Crippen LogP contribution in [0.2, 0.25) is 5.02 Å². The first kappa shape index (κ1) is 18.4. The van der Waals surface area contributed by atoms with Crippen LogP contribution in [0.4, 0.5) is 0 Å². The number of esters is 1. The van der Waals surface area contributed by atoms with E-state index in [9.17, 15) is 9.59 Å². The van der Waals surface area contributed by atoms with E-state index < -0.39 is 5.97 Å². The molecular formula is C18H21ClN4O3. The standard InChI is InChI=1S/C18H21ClN4O3/c1-2-26-18(25)17-16(20-22-21-17)14-8-5-11-23(14)15(24)10-9-12-6-3-4-7-13(12)19/h3-4,6-7,14H,2,5,8-11H2,1H3,(H,20,21,22). The molecule has 1 atom stereocenters. The van der Waals surface area contributed by atoms with Gasteiger partial charge in [0.05, 0.1) is 12.6 Å². The van der Waals surface area contributed by atoms with E-state index in [0.717, 1.165) is 18.4 Å². The van der Waals surface area contributed by atoms with Crippen LogP contribution in [-0.2, 0) is 16.0 Å². The summed E-state index contributed by atoms with van der Waals surface area (Å²) in [6.07, 6.45) is 2.53. The Morgan fingerprint density at radius 2 is 2.15 bits per heavy atom. The molecule has 2 aromatic rings. The van der Waals surface area contributed by atoms with Gasteiger partial charge in [0.2, 0.25) is 5.91 Å². The molecule has 1 unspecified atom stereocenters. The van der Waals surface area contributed by atoms with E-state index in [0.29, 0.717) is 30.1 Å². The van der Waals surface area contributed by atoms with Gasteiger partial charge in [-0.1, -0.05) is 29.8 Å². The summed E-state index contributed by atoms with van der Waals surface area (Å²) in [7, 11) is 0. The van der Waals surface area contributed by atoms with Crippen LogP contribution in [-0.4, -0.2) is 45.3 Å². The van der Waals surface area contributed by atoms with E-state index in [1.165, 1.54) is 0 Å². The average Bonchev–Trinajstić information content (AvgIpc) is 3.29. The second kappa shape index (κ2) is 8.31. The average molecular weight is 377 g/mol. The van der Waals surface area contributed by atoms with Crippen molar-refractivity contribution in [2.24, 2.45) is 0 Å². The number of amides is 1. The summed E-state index contributed by atoms with van der Waals surface area (Å²) in [6.45, 7) is 2.63. The molecule has 138 valence electrons. The number of H-pyrrole nitrogens is 1. The monoisotopic (exact) mass is 376 g/mol. The number of aromatic amines is 1. The number of hydrogen-bond donors (Lipinski definition) is 1. The summed E-state index contributed by atoms with van der Waals surface area (Å²) >= 11 is 6.16. The summed E-state index contributed by atoms with van der Waals surface area (Å²) in [4.78, 5) is 26.6. The van der Waals surface area contributed by atoms with E-state index in [2.05, 4.69) is 15.4 Å². The molecule has 0 bridgehead atoms. The van der Waals surface area contributed by atoms with Crippen molar-refractivity contribution in [1.82, 2.24) is 20.3 Å². The van der Waals surface area contributed by atoms with Crippen LogP contribution in [0.1, 0.15) is 54.0 Å². The van der Waals surface area contributed by atoms with E-state index in [-0.39, 0.29) is 24.2 Å². The Kier molecular flexibility index (Phi) is 5.88. The number of ether oxygens (including phenoxy) is 1. The van der Waals surface area contributed by atoms with Crippen molar-refractivity contribution in [2.75, 3.05) is 13.2 Å². The molecule has 0 radical (unpaired) electrons. The van der Waals surface area contributed by atoms with Crippen LogP contribution in [0.25, 0.3) is 0 Å². The van der Waals surface area contributed by atoms with Gasteiger partial charge < -0.3 is 9.64 Å². The second-order valence-electron chi connectivity index (χ2n) is 6.11. The summed E-state index contributed by atoms with van der Waals surface area (Å²) < 4.78 is 5.02. The number of likely N-dealkylation sites (tertiary alicyclic amines) is 1. The molecule has 8 heteroatoms. The first-order valence-corrected chi connectivity index (χ1v) is 9.10. The Morgan fingerprint density at radius 3 is 2.92 bits per heavy atom. The van der Waals surface area contributed by atoms with Gasteiger partial charge in [-0.05, 0) is 37.8 Å². The highest BCUT2D eigenvalue weighted by Crippen LogP contribution is 2.33. The van der Waals surface area contributed by atoms with Crippen molar-refractivity contribution in [3.05, 3.63) is 46.2 Å². The summed E-state index contributed by atoms with van der Waals surface area (Å²) in [5.41, 5.74) is 1.58. The number of carbonyl (C=O) groups is 2. The van der Waals surface area contributed by atoms with Crippen molar-refractivity contribution in [2.45, 2.75) is 38.6 Å². The normalized spacial score (nSPS) is 16.7. The van der Waals surface area contributed by atoms with Gasteiger partial charge in [0.15, 0.2) is 5.69 Å². The van der Waals surface area contributed by atoms with Crippen molar-refractivity contribution in [3.8, 4) is 0 Å². The molecule has 1 aliphatic rings. The third-order valence-corrected chi connectivity index (χ3v) is 4.87. The Hall–Kier alpha value is -2.41. The molecule has 1 N–H and O–H groups in total. The maximum Gasteiger partial charge on any atom is 0.360 e. The number of aromatic nitrogens is 3. The minimum atomic E-state index is -0.522. The predicted octanol–water partition coefficient (Wildman–Crippen LogP) is 2.93. The topological polar surface area (TPSA) is 88.2 Å². The highest BCUT2D eigenvalue weighted by molar-refractivity contribution is 6.31. The molecule has 1 amide bonds. The molecule has 3 rings (SSSR count). The second-order valence-corrected chi connectivity index (χ2v) is 6.52. The Labute approximate surface area is 156 Å². The molecule has 0 spiro atoms. The van der Waals surface area contributed by atoms with Crippen LogP contribution < -0.4 is 0 Å². The van der Waals surface area contributed by atoms with Crippen LogP contribution in [0.5, 0.6) is 0 Å². The van der Waals surface area contributed by atoms with Gasteiger partial charge in [-0.2, -0.15) is 10.3 Å². The number of hydrogen-bond acceptors (Lipinski definition) is 5. The van der Waals surface area contributed by atoms with Crippen LogP contribution in [0.3, 0.4) is 0 Å². The number of aryl methyl sites for hydroxylation is 1. The third kappa shape index (κ3) is 3.88.